The zero-order valence-electron chi connectivity index (χ0n) is 16.6. The van der Waals surface area contributed by atoms with E-state index in [0.29, 0.717) is 16.6 Å². The van der Waals surface area contributed by atoms with Crippen molar-refractivity contribution in [1.29, 1.82) is 5.26 Å². The topological polar surface area (TPSA) is 88.0 Å². The smallest absolute Gasteiger partial charge is 0.247 e. The minimum absolute atomic E-state index is 0.0587. The van der Waals surface area contributed by atoms with Crippen LogP contribution in [0, 0.1) is 17.1 Å². The molecule has 0 saturated carbocycles. The van der Waals surface area contributed by atoms with E-state index in [1.165, 1.54) is 18.3 Å². The van der Waals surface area contributed by atoms with Crippen molar-refractivity contribution in [3.05, 3.63) is 84.2 Å². The Morgan fingerprint density at radius 2 is 2.03 bits per heavy atom. The van der Waals surface area contributed by atoms with E-state index >= 15 is 0 Å². The summed E-state index contributed by atoms with van der Waals surface area (Å²) in [5, 5.41) is 20.4. The number of carbonyl (C=O) groups excluding carboxylic acids is 1. The minimum atomic E-state index is -0.545. The third-order valence-electron chi connectivity index (χ3n) is 4.69. The van der Waals surface area contributed by atoms with E-state index in [9.17, 15) is 14.4 Å². The Morgan fingerprint density at radius 1 is 1.19 bits per heavy atom. The molecule has 0 aliphatic carbocycles. The Bertz CT molecular complexity index is 1390. The number of aryl methyl sites for hydroxylation is 1. The number of nitrogens with zero attached hydrogens (tertiary/aromatic N) is 5. The maximum Gasteiger partial charge on any atom is 0.247 e. The fourth-order valence-corrected chi connectivity index (χ4v) is 3.20. The molecule has 3 aromatic heterocycles. The summed E-state index contributed by atoms with van der Waals surface area (Å²) in [5.41, 5.74) is 4.38. The molecule has 7 nitrogen and oxygen atoms in total. The Labute approximate surface area is 177 Å². The monoisotopic (exact) mass is 412 g/mol. The summed E-state index contributed by atoms with van der Waals surface area (Å²) in [6, 6.07) is 8.49. The van der Waals surface area contributed by atoms with Gasteiger partial charge in [0.1, 0.15) is 11.9 Å². The lowest BCUT2D eigenvalue weighted by Crippen LogP contribution is -2.08. The Morgan fingerprint density at radius 3 is 2.74 bits per heavy atom. The van der Waals surface area contributed by atoms with Crippen molar-refractivity contribution < 1.29 is 9.18 Å². The predicted octanol–water partition coefficient (Wildman–Crippen LogP) is 4.04. The quantitative estimate of drug-likeness (QED) is 0.501. The van der Waals surface area contributed by atoms with Crippen molar-refractivity contribution in [2.75, 3.05) is 5.32 Å². The fraction of sp³-hybridized carbons (Fsp3) is 0.0435. The molecule has 3 heterocycles. The van der Waals surface area contributed by atoms with Gasteiger partial charge in [-0.2, -0.15) is 15.5 Å². The molecule has 0 bridgehead atoms. The third kappa shape index (κ3) is 3.97. The van der Waals surface area contributed by atoms with Gasteiger partial charge in [-0.15, -0.1) is 0 Å². The van der Waals surface area contributed by atoms with Gasteiger partial charge in [0.25, 0.3) is 0 Å². The van der Waals surface area contributed by atoms with E-state index in [1.54, 1.807) is 27.5 Å². The molecule has 0 saturated heterocycles. The van der Waals surface area contributed by atoms with Crippen LogP contribution in [0.1, 0.15) is 16.7 Å². The van der Waals surface area contributed by atoms with Crippen molar-refractivity contribution in [2.45, 2.75) is 0 Å². The van der Waals surface area contributed by atoms with Gasteiger partial charge in [0, 0.05) is 36.1 Å². The van der Waals surface area contributed by atoms with Crippen LogP contribution in [0.25, 0.3) is 28.8 Å². The number of aromatic nitrogens is 4. The van der Waals surface area contributed by atoms with Gasteiger partial charge < -0.3 is 5.32 Å². The zero-order valence-corrected chi connectivity index (χ0v) is 16.6. The van der Waals surface area contributed by atoms with E-state index < -0.39 is 11.7 Å². The normalized spacial score (nSPS) is 11.0. The Balaban J connectivity index is 1.78. The molecule has 0 unspecified atom stereocenters. The van der Waals surface area contributed by atoms with Gasteiger partial charge in [-0.1, -0.05) is 24.8 Å². The van der Waals surface area contributed by atoms with Gasteiger partial charge in [-0.25, -0.2) is 8.91 Å². The highest BCUT2D eigenvalue weighted by Crippen LogP contribution is 2.26. The van der Waals surface area contributed by atoms with Crippen LogP contribution < -0.4 is 5.32 Å². The second kappa shape index (κ2) is 8.08. The molecule has 0 aliphatic rings. The fourth-order valence-electron chi connectivity index (χ4n) is 3.20. The lowest BCUT2D eigenvalue weighted by atomic mass is 10.0. The first kappa shape index (κ1) is 19.8. The maximum atomic E-state index is 14.0. The number of benzene rings is 1. The van der Waals surface area contributed by atoms with Crippen LogP contribution in [0.15, 0.2) is 61.7 Å². The molecule has 152 valence electrons. The Hall–Kier alpha value is -4.51. The van der Waals surface area contributed by atoms with Crippen LogP contribution in [-0.2, 0) is 11.8 Å². The number of hydrogen-bond donors (Lipinski definition) is 1. The third-order valence-corrected chi connectivity index (χ3v) is 4.69. The van der Waals surface area contributed by atoms with Gasteiger partial charge in [0.05, 0.1) is 29.2 Å². The minimum Gasteiger partial charge on any atom is -0.320 e. The van der Waals surface area contributed by atoms with Crippen molar-refractivity contribution in [3.8, 4) is 17.2 Å². The summed E-state index contributed by atoms with van der Waals surface area (Å²) in [6.07, 6.45) is 11.7. The molecular formula is C23H17FN6O. The largest absolute Gasteiger partial charge is 0.320 e. The van der Waals surface area contributed by atoms with Crippen LogP contribution in [0.4, 0.5) is 10.1 Å². The highest BCUT2D eigenvalue weighted by molar-refractivity contribution is 5.99. The highest BCUT2D eigenvalue weighted by atomic mass is 19.1. The number of carbonyl (C=O) groups is 1. The number of halogens is 1. The summed E-state index contributed by atoms with van der Waals surface area (Å²) >= 11 is 0. The van der Waals surface area contributed by atoms with Crippen molar-refractivity contribution >= 4 is 29.3 Å². The molecule has 0 radical (unpaired) electrons. The van der Waals surface area contributed by atoms with Crippen molar-refractivity contribution in [2.24, 2.45) is 7.05 Å². The number of fused-ring (bicyclic) bond motifs is 1. The molecule has 1 aromatic carbocycles. The van der Waals surface area contributed by atoms with Crippen molar-refractivity contribution in [1.82, 2.24) is 19.4 Å². The zero-order chi connectivity index (χ0) is 22.0. The number of anilines is 1. The first-order valence-electron chi connectivity index (χ1n) is 9.30. The second-order valence-corrected chi connectivity index (χ2v) is 6.82. The van der Waals surface area contributed by atoms with E-state index in [4.69, 9.17) is 0 Å². The van der Waals surface area contributed by atoms with Crippen LogP contribution in [-0.4, -0.2) is 25.3 Å². The molecule has 0 atom stereocenters. The van der Waals surface area contributed by atoms with Crippen LogP contribution in [0.5, 0.6) is 0 Å². The molecule has 4 aromatic rings. The number of amides is 1. The van der Waals surface area contributed by atoms with E-state index in [-0.39, 0.29) is 5.69 Å². The first-order chi connectivity index (χ1) is 15.0. The number of rotatable bonds is 5. The molecule has 1 N–H and O–H groups in total. The average Bonchev–Trinajstić information content (AvgIpc) is 3.39. The Kier molecular flexibility index (Phi) is 5.16. The first-order valence-corrected chi connectivity index (χ1v) is 9.30. The predicted molar refractivity (Wildman–Crippen MR) is 116 cm³/mol. The average molecular weight is 412 g/mol. The SMILES string of the molecule is C=CC(=O)Nc1cc(/C=C/c2cc(-c3cnn(C)c3)cn3ncc(C#N)c23)ccc1F. The molecule has 31 heavy (non-hydrogen) atoms. The van der Waals surface area contributed by atoms with E-state index in [2.05, 4.69) is 28.2 Å². The number of nitriles is 1. The van der Waals surface area contributed by atoms with Gasteiger partial charge in [0.2, 0.25) is 5.91 Å². The second-order valence-electron chi connectivity index (χ2n) is 6.82. The standard InChI is InChI=1S/C23H17FN6O/c1-3-22(31)28-21-8-15(5-7-20(21)24)4-6-16-9-17(19-12-26-29(2)13-19)14-30-23(16)18(10-25)11-27-30/h3-9,11-14H,1H2,2H3,(H,28,31)/b6-4+. The molecule has 0 aliphatic heterocycles. The maximum absolute atomic E-state index is 14.0. The molecule has 0 fully saturated rings. The van der Waals surface area contributed by atoms with E-state index in [0.717, 1.165) is 22.8 Å². The van der Waals surface area contributed by atoms with Crippen LogP contribution in [0.3, 0.4) is 0 Å². The number of hydrogen-bond acceptors (Lipinski definition) is 4. The van der Waals surface area contributed by atoms with Crippen LogP contribution >= 0.6 is 0 Å². The molecule has 1 amide bonds. The summed E-state index contributed by atoms with van der Waals surface area (Å²) in [4.78, 5) is 11.5. The lowest BCUT2D eigenvalue weighted by Gasteiger charge is -2.06. The molecule has 4 rings (SSSR count). The molecule has 0 spiro atoms. The van der Waals surface area contributed by atoms with Gasteiger partial charge in [-0.3, -0.25) is 9.48 Å². The van der Waals surface area contributed by atoms with Gasteiger partial charge in [0.15, 0.2) is 0 Å². The van der Waals surface area contributed by atoms with Gasteiger partial charge in [-0.05, 0) is 29.8 Å². The number of nitrogens with one attached hydrogen (secondary N) is 1. The van der Waals surface area contributed by atoms with Gasteiger partial charge >= 0.3 is 0 Å². The van der Waals surface area contributed by atoms with E-state index in [1.807, 2.05) is 31.6 Å². The molecular weight excluding hydrogens is 395 g/mol. The molecule has 8 heteroatoms. The summed E-state index contributed by atoms with van der Waals surface area (Å²) in [7, 11) is 1.84. The summed E-state index contributed by atoms with van der Waals surface area (Å²) < 4.78 is 17.4. The van der Waals surface area contributed by atoms with Crippen LogP contribution in [0.2, 0.25) is 0 Å². The number of pyridine rings is 1. The van der Waals surface area contributed by atoms with Crippen molar-refractivity contribution in [3.63, 3.8) is 0 Å². The summed E-state index contributed by atoms with van der Waals surface area (Å²) in [6.45, 7) is 3.37. The lowest BCUT2D eigenvalue weighted by molar-refractivity contribution is -0.111. The summed E-state index contributed by atoms with van der Waals surface area (Å²) in [5.74, 6) is -1.04. The highest BCUT2D eigenvalue weighted by Gasteiger charge is 2.12.